The Morgan fingerprint density at radius 3 is 2.92 bits per heavy atom. The van der Waals surface area contributed by atoms with Crippen molar-refractivity contribution in [3.8, 4) is 0 Å². The van der Waals surface area contributed by atoms with Gasteiger partial charge in [-0.05, 0) is 6.42 Å². The van der Waals surface area contributed by atoms with Gasteiger partial charge in [0.1, 0.15) is 12.7 Å². The van der Waals surface area contributed by atoms with Crippen molar-refractivity contribution in [3.05, 3.63) is 12.7 Å². The van der Waals surface area contributed by atoms with Crippen molar-refractivity contribution in [2.75, 3.05) is 0 Å². The number of carboxylic acid groups (broad SMARTS) is 1. The number of aromatic nitrogens is 3. The van der Waals surface area contributed by atoms with Gasteiger partial charge in [-0.1, -0.05) is 6.92 Å². The van der Waals surface area contributed by atoms with Crippen molar-refractivity contribution < 1.29 is 9.90 Å². The standard InChI is InChI=1S/C7H11N3O2/c1-2-6(3-7(11)12)10-5-8-4-9-10/h4-6H,2-3H2,1H3,(H,11,12). The highest BCUT2D eigenvalue weighted by Crippen LogP contribution is 2.12. The van der Waals surface area contributed by atoms with E-state index in [0.29, 0.717) is 0 Å². The fraction of sp³-hybridized carbons (Fsp3) is 0.571. The molecule has 1 unspecified atom stereocenters. The minimum atomic E-state index is -0.808. The molecule has 1 heterocycles. The molecule has 0 amide bonds. The van der Waals surface area contributed by atoms with E-state index < -0.39 is 5.97 Å². The highest BCUT2D eigenvalue weighted by Gasteiger charge is 2.12. The molecule has 1 aromatic rings. The quantitative estimate of drug-likeness (QED) is 0.720. The predicted molar refractivity (Wildman–Crippen MR) is 41.6 cm³/mol. The normalized spacial score (nSPS) is 12.8. The first kappa shape index (κ1) is 8.70. The summed E-state index contributed by atoms with van der Waals surface area (Å²) in [5, 5.41) is 12.4. The van der Waals surface area contributed by atoms with E-state index >= 15 is 0 Å². The zero-order valence-corrected chi connectivity index (χ0v) is 6.84. The van der Waals surface area contributed by atoms with Crippen LogP contribution in [-0.2, 0) is 4.79 Å². The highest BCUT2D eigenvalue weighted by atomic mass is 16.4. The first-order valence-corrected chi connectivity index (χ1v) is 3.80. The summed E-state index contributed by atoms with van der Waals surface area (Å²) in [5.41, 5.74) is 0. The average molecular weight is 169 g/mol. The lowest BCUT2D eigenvalue weighted by Crippen LogP contribution is -2.13. The number of carbonyl (C=O) groups is 1. The van der Waals surface area contributed by atoms with Crippen LogP contribution in [0.4, 0.5) is 0 Å². The van der Waals surface area contributed by atoms with Gasteiger partial charge < -0.3 is 5.11 Å². The summed E-state index contributed by atoms with van der Waals surface area (Å²) < 4.78 is 1.58. The second-order valence-electron chi connectivity index (χ2n) is 2.54. The maximum absolute atomic E-state index is 10.4. The number of carboxylic acids is 1. The lowest BCUT2D eigenvalue weighted by Gasteiger charge is -2.11. The minimum absolute atomic E-state index is 0.0787. The maximum atomic E-state index is 10.4. The summed E-state index contributed by atoms with van der Waals surface area (Å²) in [6.45, 7) is 1.93. The van der Waals surface area contributed by atoms with Crippen molar-refractivity contribution >= 4 is 5.97 Å². The number of hydrogen-bond donors (Lipinski definition) is 1. The Morgan fingerprint density at radius 1 is 1.75 bits per heavy atom. The number of aliphatic carboxylic acids is 1. The first-order valence-electron chi connectivity index (χ1n) is 3.80. The van der Waals surface area contributed by atoms with Gasteiger partial charge in [-0.2, -0.15) is 5.10 Å². The maximum Gasteiger partial charge on any atom is 0.305 e. The molecule has 12 heavy (non-hydrogen) atoms. The second-order valence-corrected chi connectivity index (χ2v) is 2.54. The summed E-state index contributed by atoms with van der Waals surface area (Å²) in [7, 11) is 0. The topological polar surface area (TPSA) is 68.0 Å². The van der Waals surface area contributed by atoms with Crippen LogP contribution in [0, 0.1) is 0 Å². The third kappa shape index (κ3) is 2.05. The average Bonchev–Trinajstić information content (AvgIpc) is 2.51. The predicted octanol–water partition coefficient (Wildman–Crippen LogP) is 0.704. The van der Waals surface area contributed by atoms with Crippen LogP contribution in [0.5, 0.6) is 0 Å². The molecule has 1 rings (SSSR count). The van der Waals surface area contributed by atoms with Crippen LogP contribution in [0.25, 0.3) is 0 Å². The summed E-state index contributed by atoms with van der Waals surface area (Å²) >= 11 is 0. The number of hydrogen-bond acceptors (Lipinski definition) is 3. The Morgan fingerprint density at radius 2 is 2.50 bits per heavy atom. The minimum Gasteiger partial charge on any atom is -0.481 e. The number of nitrogens with zero attached hydrogens (tertiary/aromatic N) is 3. The molecule has 1 N–H and O–H groups in total. The molecule has 0 saturated carbocycles. The first-order chi connectivity index (χ1) is 5.74. The monoisotopic (exact) mass is 169 g/mol. The summed E-state index contributed by atoms with van der Waals surface area (Å²) in [5.74, 6) is -0.808. The molecule has 0 aromatic carbocycles. The second kappa shape index (κ2) is 3.85. The van der Waals surface area contributed by atoms with Crippen LogP contribution in [-0.4, -0.2) is 25.8 Å². The Bertz CT molecular complexity index is 245. The zero-order chi connectivity index (χ0) is 8.97. The Balaban J connectivity index is 2.63. The van der Waals surface area contributed by atoms with Gasteiger partial charge in [0.25, 0.3) is 0 Å². The molecule has 0 aliphatic rings. The molecular formula is C7H11N3O2. The molecule has 0 radical (unpaired) electrons. The lowest BCUT2D eigenvalue weighted by molar-refractivity contribution is -0.138. The van der Waals surface area contributed by atoms with E-state index in [1.165, 1.54) is 12.7 Å². The third-order valence-corrected chi connectivity index (χ3v) is 1.69. The van der Waals surface area contributed by atoms with E-state index in [9.17, 15) is 4.79 Å². The summed E-state index contributed by atoms with van der Waals surface area (Å²) in [6, 6.07) is -0.0787. The SMILES string of the molecule is CCC(CC(=O)O)n1cncn1. The van der Waals surface area contributed by atoms with Crippen LogP contribution < -0.4 is 0 Å². The van der Waals surface area contributed by atoms with Crippen LogP contribution in [0.3, 0.4) is 0 Å². The molecule has 66 valence electrons. The van der Waals surface area contributed by atoms with E-state index in [0.717, 1.165) is 6.42 Å². The van der Waals surface area contributed by atoms with Gasteiger partial charge in [0.2, 0.25) is 0 Å². The van der Waals surface area contributed by atoms with E-state index in [1.54, 1.807) is 4.68 Å². The fourth-order valence-electron chi connectivity index (χ4n) is 1.03. The Labute approximate surface area is 70.0 Å². The molecule has 1 atom stereocenters. The van der Waals surface area contributed by atoms with Crippen LogP contribution in [0.2, 0.25) is 0 Å². The van der Waals surface area contributed by atoms with Gasteiger partial charge in [-0.15, -0.1) is 0 Å². The van der Waals surface area contributed by atoms with Crippen LogP contribution in [0.15, 0.2) is 12.7 Å². The summed E-state index contributed by atoms with van der Waals surface area (Å²) in [4.78, 5) is 14.2. The van der Waals surface area contributed by atoms with Gasteiger partial charge in [0.05, 0.1) is 12.5 Å². The van der Waals surface area contributed by atoms with Crippen LogP contribution >= 0.6 is 0 Å². The zero-order valence-electron chi connectivity index (χ0n) is 6.84. The molecule has 0 aliphatic carbocycles. The smallest absolute Gasteiger partial charge is 0.305 e. The van der Waals surface area contributed by atoms with E-state index in [1.807, 2.05) is 6.92 Å². The van der Waals surface area contributed by atoms with Crippen molar-refractivity contribution in [2.45, 2.75) is 25.8 Å². The van der Waals surface area contributed by atoms with Gasteiger partial charge in [0.15, 0.2) is 0 Å². The van der Waals surface area contributed by atoms with E-state index in [4.69, 9.17) is 5.11 Å². The lowest BCUT2D eigenvalue weighted by atomic mass is 10.1. The Hall–Kier alpha value is -1.39. The van der Waals surface area contributed by atoms with Crippen molar-refractivity contribution in [3.63, 3.8) is 0 Å². The molecule has 0 bridgehead atoms. The van der Waals surface area contributed by atoms with E-state index in [2.05, 4.69) is 10.1 Å². The Kier molecular flexibility index (Phi) is 2.79. The molecule has 5 heteroatoms. The van der Waals surface area contributed by atoms with Gasteiger partial charge in [0, 0.05) is 0 Å². The molecule has 0 aliphatic heterocycles. The molecular weight excluding hydrogens is 158 g/mol. The van der Waals surface area contributed by atoms with Crippen LogP contribution in [0.1, 0.15) is 25.8 Å². The number of rotatable bonds is 4. The largest absolute Gasteiger partial charge is 0.481 e. The van der Waals surface area contributed by atoms with Crippen molar-refractivity contribution in [1.82, 2.24) is 14.8 Å². The van der Waals surface area contributed by atoms with Gasteiger partial charge in [-0.25, -0.2) is 9.67 Å². The molecule has 1 aromatic heterocycles. The van der Waals surface area contributed by atoms with Crippen molar-refractivity contribution in [2.24, 2.45) is 0 Å². The molecule has 0 saturated heterocycles. The van der Waals surface area contributed by atoms with Gasteiger partial charge >= 0.3 is 5.97 Å². The fourth-order valence-corrected chi connectivity index (χ4v) is 1.03. The van der Waals surface area contributed by atoms with Crippen molar-refractivity contribution in [1.29, 1.82) is 0 Å². The highest BCUT2D eigenvalue weighted by molar-refractivity contribution is 5.67. The molecule has 0 spiro atoms. The summed E-state index contributed by atoms with van der Waals surface area (Å²) in [6.07, 6.45) is 3.79. The molecule has 0 fully saturated rings. The molecule has 5 nitrogen and oxygen atoms in total. The third-order valence-electron chi connectivity index (χ3n) is 1.69. The van der Waals surface area contributed by atoms with E-state index in [-0.39, 0.29) is 12.5 Å². The van der Waals surface area contributed by atoms with Gasteiger partial charge in [-0.3, -0.25) is 4.79 Å².